The summed E-state index contributed by atoms with van der Waals surface area (Å²) in [6, 6.07) is 0. The minimum atomic E-state index is 0.0888. The van der Waals surface area contributed by atoms with E-state index in [1.165, 1.54) is 0 Å². The fourth-order valence-electron chi connectivity index (χ4n) is 1.42. The summed E-state index contributed by atoms with van der Waals surface area (Å²) < 4.78 is 2.07. The Morgan fingerprint density at radius 3 is 2.94 bits per heavy atom. The number of nitrogens with one attached hydrogen (secondary N) is 2. The van der Waals surface area contributed by atoms with Crippen molar-refractivity contribution in [2.45, 2.75) is 25.8 Å². The zero-order valence-electron chi connectivity index (χ0n) is 9.78. The van der Waals surface area contributed by atoms with Crippen molar-refractivity contribution in [3.63, 3.8) is 0 Å². The molecule has 0 radical (unpaired) electrons. The molecule has 1 rings (SSSR count). The van der Waals surface area contributed by atoms with E-state index in [4.69, 9.17) is 0 Å². The van der Waals surface area contributed by atoms with Crippen molar-refractivity contribution in [2.75, 3.05) is 20.1 Å². The molecule has 0 aromatic carbocycles. The van der Waals surface area contributed by atoms with Gasteiger partial charge in [-0.25, -0.2) is 4.98 Å². The highest BCUT2D eigenvalue weighted by atomic mass is 16.1. The molecule has 0 atom stereocenters. The van der Waals surface area contributed by atoms with Crippen LogP contribution in [0.25, 0.3) is 0 Å². The zero-order chi connectivity index (χ0) is 11.6. The molecule has 0 aliphatic carbocycles. The average molecular weight is 224 g/mol. The van der Waals surface area contributed by atoms with Gasteiger partial charge in [-0.1, -0.05) is 0 Å². The molecule has 16 heavy (non-hydrogen) atoms. The van der Waals surface area contributed by atoms with Gasteiger partial charge in [0.15, 0.2) is 0 Å². The monoisotopic (exact) mass is 224 g/mol. The van der Waals surface area contributed by atoms with Crippen LogP contribution in [0.2, 0.25) is 0 Å². The van der Waals surface area contributed by atoms with E-state index in [-0.39, 0.29) is 5.91 Å². The molecule has 0 saturated heterocycles. The standard InChI is InChI=1S/C11H20N4O/c1-12-11(16)4-6-13-5-2-3-8-15-9-7-14-10-15/h7,9-10,13H,2-6,8H2,1H3,(H,12,16). The Hall–Kier alpha value is -1.36. The SMILES string of the molecule is CNC(=O)CCNCCCCn1ccnc1. The molecule has 5 nitrogen and oxygen atoms in total. The summed E-state index contributed by atoms with van der Waals surface area (Å²) in [6.45, 7) is 2.73. The van der Waals surface area contributed by atoms with Crippen molar-refractivity contribution in [3.05, 3.63) is 18.7 Å². The second-order valence-corrected chi connectivity index (χ2v) is 3.68. The Labute approximate surface area is 96.3 Å². The lowest BCUT2D eigenvalue weighted by atomic mass is 10.3. The number of imidazole rings is 1. The molecule has 1 heterocycles. The first kappa shape index (κ1) is 12.7. The van der Waals surface area contributed by atoms with Crippen LogP contribution >= 0.6 is 0 Å². The van der Waals surface area contributed by atoms with Crippen molar-refractivity contribution in [2.24, 2.45) is 0 Å². The summed E-state index contributed by atoms with van der Waals surface area (Å²) >= 11 is 0. The highest BCUT2D eigenvalue weighted by Crippen LogP contribution is 1.93. The average Bonchev–Trinajstić information content (AvgIpc) is 2.80. The van der Waals surface area contributed by atoms with Crippen molar-refractivity contribution in [1.29, 1.82) is 0 Å². The van der Waals surface area contributed by atoms with Gasteiger partial charge >= 0.3 is 0 Å². The number of amides is 1. The van der Waals surface area contributed by atoms with Gasteiger partial charge in [0.05, 0.1) is 6.33 Å². The smallest absolute Gasteiger partial charge is 0.221 e. The van der Waals surface area contributed by atoms with Crippen LogP contribution in [0.3, 0.4) is 0 Å². The zero-order valence-corrected chi connectivity index (χ0v) is 9.78. The molecule has 5 heteroatoms. The summed E-state index contributed by atoms with van der Waals surface area (Å²) in [6.07, 6.45) is 8.40. The molecule has 0 saturated carbocycles. The van der Waals surface area contributed by atoms with Crippen molar-refractivity contribution in [1.82, 2.24) is 20.2 Å². The van der Waals surface area contributed by atoms with Crippen LogP contribution < -0.4 is 10.6 Å². The van der Waals surface area contributed by atoms with E-state index in [0.717, 1.165) is 32.5 Å². The lowest BCUT2D eigenvalue weighted by Gasteiger charge is -2.04. The fourth-order valence-corrected chi connectivity index (χ4v) is 1.42. The van der Waals surface area contributed by atoms with Crippen LogP contribution in [0.4, 0.5) is 0 Å². The van der Waals surface area contributed by atoms with Crippen LogP contribution in [0, 0.1) is 0 Å². The lowest BCUT2D eigenvalue weighted by Crippen LogP contribution is -2.25. The predicted octanol–water partition coefficient (Wildman–Crippen LogP) is 0.389. The minimum Gasteiger partial charge on any atom is -0.359 e. The predicted molar refractivity (Wildman–Crippen MR) is 63.0 cm³/mol. The van der Waals surface area contributed by atoms with Crippen molar-refractivity contribution >= 4 is 5.91 Å². The van der Waals surface area contributed by atoms with E-state index in [0.29, 0.717) is 6.42 Å². The van der Waals surface area contributed by atoms with E-state index in [9.17, 15) is 4.79 Å². The van der Waals surface area contributed by atoms with Gasteiger partial charge in [0, 0.05) is 39.0 Å². The Balaban J connectivity index is 1.87. The molecular formula is C11H20N4O. The number of rotatable bonds is 8. The van der Waals surface area contributed by atoms with Gasteiger partial charge in [0.1, 0.15) is 0 Å². The maximum Gasteiger partial charge on any atom is 0.221 e. The molecule has 0 aliphatic rings. The van der Waals surface area contributed by atoms with Gasteiger partial charge in [0.2, 0.25) is 5.91 Å². The minimum absolute atomic E-state index is 0.0888. The van der Waals surface area contributed by atoms with Gasteiger partial charge in [-0.3, -0.25) is 4.79 Å². The van der Waals surface area contributed by atoms with Gasteiger partial charge in [-0.15, -0.1) is 0 Å². The molecular weight excluding hydrogens is 204 g/mol. The molecule has 0 fully saturated rings. The Bertz CT molecular complexity index is 284. The second kappa shape index (κ2) is 7.87. The van der Waals surface area contributed by atoms with E-state index in [1.807, 2.05) is 12.5 Å². The van der Waals surface area contributed by atoms with E-state index in [1.54, 1.807) is 13.2 Å². The molecule has 0 spiro atoms. The third-order valence-electron chi connectivity index (χ3n) is 2.39. The summed E-state index contributed by atoms with van der Waals surface area (Å²) in [7, 11) is 1.66. The summed E-state index contributed by atoms with van der Waals surface area (Å²) in [5.41, 5.74) is 0. The highest BCUT2D eigenvalue weighted by Gasteiger charge is 1.96. The third-order valence-corrected chi connectivity index (χ3v) is 2.39. The Morgan fingerprint density at radius 2 is 2.25 bits per heavy atom. The summed E-state index contributed by atoms with van der Waals surface area (Å²) in [4.78, 5) is 14.9. The maximum absolute atomic E-state index is 10.9. The number of hydrogen-bond acceptors (Lipinski definition) is 3. The van der Waals surface area contributed by atoms with E-state index in [2.05, 4.69) is 20.2 Å². The third kappa shape index (κ3) is 5.50. The van der Waals surface area contributed by atoms with Crippen LogP contribution in [0.5, 0.6) is 0 Å². The number of nitrogens with zero attached hydrogens (tertiary/aromatic N) is 2. The van der Waals surface area contributed by atoms with Crippen LogP contribution in [0.15, 0.2) is 18.7 Å². The highest BCUT2D eigenvalue weighted by molar-refractivity contribution is 5.75. The first-order chi connectivity index (χ1) is 7.83. The van der Waals surface area contributed by atoms with Gasteiger partial charge in [-0.05, 0) is 19.4 Å². The fraction of sp³-hybridized carbons (Fsp3) is 0.636. The van der Waals surface area contributed by atoms with Gasteiger partial charge in [0.25, 0.3) is 0 Å². The van der Waals surface area contributed by atoms with Crippen LogP contribution in [0.1, 0.15) is 19.3 Å². The first-order valence-electron chi connectivity index (χ1n) is 5.70. The summed E-state index contributed by atoms with van der Waals surface area (Å²) in [5.74, 6) is 0.0888. The first-order valence-corrected chi connectivity index (χ1v) is 5.70. The van der Waals surface area contributed by atoms with Gasteiger partial charge in [-0.2, -0.15) is 0 Å². The number of carbonyl (C=O) groups excluding carboxylic acids is 1. The summed E-state index contributed by atoms with van der Waals surface area (Å²) in [5, 5.41) is 5.84. The Morgan fingerprint density at radius 1 is 1.38 bits per heavy atom. The number of carbonyl (C=O) groups is 1. The maximum atomic E-state index is 10.9. The molecule has 90 valence electrons. The second-order valence-electron chi connectivity index (χ2n) is 3.68. The van der Waals surface area contributed by atoms with Gasteiger partial charge < -0.3 is 15.2 Å². The molecule has 1 amide bonds. The normalized spacial score (nSPS) is 10.3. The number of aryl methyl sites for hydroxylation is 1. The number of hydrogen-bond donors (Lipinski definition) is 2. The molecule has 1 aromatic rings. The number of aromatic nitrogens is 2. The molecule has 0 bridgehead atoms. The van der Waals surface area contributed by atoms with E-state index >= 15 is 0 Å². The van der Waals surface area contributed by atoms with Crippen LogP contribution in [-0.4, -0.2) is 35.6 Å². The molecule has 1 aromatic heterocycles. The molecule has 0 unspecified atom stereocenters. The van der Waals surface area contributed by atoms with Crippen molar-refractivity contribution in [3.8, 4) is 0 Å². The van der Waals surface area contributed by atoms with Crippen LogP contribution in [-0.2, 0) is 11.3 Å². The Kier molecular flexibility index (Phi) is 6.25. The lowest BCUT2D eigenvalue weighted by molar-refractivity contribution is -0.120. The van der Waals surface area contributed by atoms with Crippen molar-refractivity contribution < 1.29 is 4.79 Å². The molecule has 0 aliphatic heterocycles. The quantitative estimate of drug-likeness (QED) is 0.628. The molecule has 2 N–H and O–H groups in total. The number of unbranched alkanes of at least 4 members (excludes halogenated alkanes) is 1. The van der Waals surface area contributed by atoms with E-state index < -0.39 is 0 Å². The largest absolute Gasteiger partial charge is 0.359 e. The topological polar surface area (TPSA) is 59.0 Å².